The van der Waals surface area contributed by atoms with Gasteiger partial charge in [-0.1, -0.05) is 44.2 Å². The van der Waals surface area contributed by atoms with Crippen LogP contribution in [-0.2, 0) is 6.54 Å². The summed E-state index contributed by atoms with van der Waals surface area (Å²) in [5, 5.41) is 10.4. The monoisotopic (exact) mass is 250 g/mol. The highest BCUT2D eigenvalue weighted by Gasteiger charge is 2.25. The van der Waals surface area contributed by atoms with E-state index < -0.39 is 5.60 Å². The van der Waals surface area contributed by atoms with Gasteiger partial charge >= 0.3 is 0 Å². The summed E-state index contributed by atoms with van der Waals surface area (Å²) < 4.78 is 0. The van der Waals surface area contributed by atoms with E-state index in [1.807, 2.05) is 32.0 Å². The van der Waals surface area contributed by atoms with Gasteiger partial charge in [-0.25, -0.2) is 0 Å². The number of rotatable bonds is 8. The zero-order valence-electron chi connectivity index (χ0n) is 11.6. The fraction of sp³-hybridized carbons (Fsp3) is 0.600. The first kappa shape index (κ1) is 15.2. The van der Waals surface area contributed by atoms with Gasteiger partial charge in [0.1, 0.15) is 0 Å². The summed E-state index contributed by atoms with van der Waals surface area (Å²) in [5.74, 6) is 0. The molecule has 0 saturated carbocycles. The smallest absolute Gasteiger partial charge is 0.0769 e. The first-order valence-electron chi connectivity index (χ1n) is 6.82. The van der Waals surface area contributed by atoms with Gasteiger partial charge in [-0.3, -0.25) is 4.90 Å². The van der Waals surface area contributed by atoms with Crippen molar-refractivity contribution in [2.24, 2.45) is 5.73 Å². The highest BCUT2D eigenvalue weighted by molar-refractivity contribution is 5.14. The molecule has 0 amide bonds. The van der Waals surface area contributed by atoms with Gasteiger partial charge in [0.15, 0.2) is 0 Å². The van der Waals surface area contributed by atoms with Crippen LogP contribution in [0.15, 0.2) is 30.3 Å². The molecule has 0 heterocycles. The van der Waals surface area contributed by atoms with E-state index >= 15 is 0 Å². The minimum atomic E-state index is -0.593. The molecule has 0 bridgehead atoms. The standard InChI is InChI=1S/C15H26N2O/c1-3-15(18,4-2)13-17(11-10-16)12-14-8-6-5-7-9-14/h5-9,18H,3-4,10-13,16H2,1-2H3. The van der Waals surface area contributed by atoms with E-state index in [9.17, 15) is 5.11 Å². The van der Waals surface area contributed by atoms with Crippen molar-refractivity contribution in [3.8, 4) is 0 Å². The molecule has 0 fully saturated rings. The molecule has 0 atom stereocenters. The van der Waals surface area contributed by atoms with Crippen molar-refractivity contribution in [1.82, 2.24) is 4.90 Å². The molecule has 1 aromatic rings. The van der Waals surface area contributed by atoms with Crippen molar-refractivity contribution >= 4 is 0 Å². The third kappa shape index (κ3) is 4.77. The molecule has 0 radical (unpaired) electrons. The van der Waals surface area contributed by atoms with Crippen molar-refractivity contribution in [2.45, 2.75) is 38.8 Å². The Balaban J connectivity index is 2.65. The summed E-state index contributed by atoms with van der Waals surface area (Å²) in [7, 11) is 0. The minimum absolute atomic E-state index is 0.593. The van der Waals surface area contributed by atoms with Crippen molar-refractivity contribution < 1.29 is 5.11 Å². The third-order valence-corrected chi connectivity index (χ3v) is 3.53. The maximum atomic E-state index is 10.4. The van der Waals surface area contributed by atoms with Crippen LogP contribution in [0.5, 0.6) is 0 Å². The first-order valence-corrected chi connectivity index (χ1v) is 6.82. The number of nitrogens with zero attached hydrogens (tertiary/aromatic N) is 1. The number of benzene rings is 1. The van der Waals surface area contributed by atoms with Crippen molar-refractivity contribution in [2.75, 3.05) is 19.6 Å². The second-order valence-corrected chi connectivity index (χ2v) is 4.92. The summed E-state index contributed by atoms with van der Waals surface area (Å²) in [5.41, 5.74) is 6.33. The Bertz CT molecular complexity index is 323. The van der Waals surface area contributed by atoms with Gasteiger partial charge in [-0.15, -0.1) is 0 Å². The van der Waals surface area contributed by atoms with E-state index in [0.29, 0.717) is 13.1 Å². The van der Waals surface area contributed by atoms with Crippen LogP contribution in [-0.4, -0.2) is 35.2 Å². The summed E-state index contributed by atoms with van der Waals surface area (Å²) in [6.45, 7) is 7.04. The minimum Gasteiger partial charge on any atom is -0.389 e. The van der Waals surface area contributed by atoms with Gasteiger partial charge in [-0.2, -0.15) is 0 Å². The lowest BCUT2D eigenvalue weighted by Gasteiger charge is -2.33. The lowest BCUT2D eigenvalue weighted by molar-refractivity contribution is -0.00476. The van der Waals surface area contributed by atoms with Crippen LogP contribution in [0, 0.1) is 0 Å². The molecule has 0 aliphatic carbocycles. The molecule has 0 aliphatic heterocycles. The molecular weight excluding hydrogens is 224 g/mol. The Morgan fingerprint density at radius 3 is 2.28 bits per heavy atom. The molecule has 0 saturated heterocycles. The quantitative estimate of drug-likeness (QED) is 0.742. The summed E-state index contributed by atoms with van der Waals surface area (Å²) in [6, 6.07) is 10.3. The Hall–Kier alpha value is -0.900. The highest BCUT2D eigenvalue weighted by atomic mass is 16.3. The fourth-order valence-electron chi connectivity index (χ4n) is 2.13. The average molecular weight is 250 g/mol. The molecule has 0 aromatic heterocycles. The normalized spacial score (nSPS) is 12.1. The number of nitrogens with two attached hydrogens (primary N) is 1. The first-order chi connectivity index (χ1) is 8.63. The molecule has 1 aromatic carbocycles. The van der Waals surface area contributed by atoms with Crippen LogP contribution in [0.4, 0.5) is 0 Å². The highest BCUT2D eigenvalue weighted by Crippen LogP contribution is 2.17. The maximum Gasteiger partial charge on any atom is 0.0769 e. The lowest BCUT2D eigenvalue weighted by Crippen LogP contribution is -2.43. The Kier molecular flexibility index (Phi) is 6.33. The SMILES string of the molecule is CCC(O)(CC)CN(CCN)Cc1ccccc1. The molecule has 0 unspecified atom stereocenters. The number of aliphatic hydroxyl groups is 1. The number of hydrogen-bond donors (Lipinski definition) is 2. The zero-order chi connectivity index (χ0) is 13.4. The summed E-state index contributed by atoms with van der Waals surface area (Å²) in [6.07, 6.45) is 1.55. The molecule has 102 valence electrons. The van der Waals surface area contributed by atoms with Crippen molar-refractivity contribution in [1.29, 1.82) is 0 Å². The van der Waals surface area contributed by atoms with Crippen LogP contribution in [0.3, 0.4) is 0 Å². The van der Waals surface area contributed by atoms with Crippen LogP contribution >= 0.6 is 0 Å². The molecule has 3 heteroatoms. The Morgan fingerprint density at radius 1 is 1.17 bits per heavy atom. The third-order valence-electron chi connectivity index (χ3n) is 3.53. The molecule has 3 nitrogen and oxygen atoms in total. The second kappa shape index (κ2) is 7.52. The predicted molar refractivity (Wildman–Crippen MR) is 76.3 cm³/mol. The van der Waals surface area contributed by atoms with E-state index in [1.54, 1.807) is 0 Å². The van der Waals surface area contributed by atoms with E-state index in [-0.39, 0.29) is 0 Å². The molecular formula is C15H26N2O. The lowest BCUT2D eigenvalue weighted by atomic mass is 9.96. The topological polar surface area (TPSA) is 49.5 Å². The van der Waals surface area contributed by atoms with Crippen LogP contribution in [0.25, 0.3) is 0 Å². The molecule has 3 N–H and O–H groups in total. The Morgan fingerprint density at radius 2 is 1.78 bits per heavy atom. The van der Waals surface area contributed by atoms with Crippen LogP contribution in [0.1, 0.15) is 32.3 Å². The van der Waals surface area contributed by atoms with Crippen LogP contribution in [0.2, 0.25) is 0 Å². The Labute approximate surface area is 111 Å². The van der Waals surface area contributed by atoms with Gasteiger partial charge in [0.25, 0.3) is 0 Å². The fourth-order valence-corrected chi connectivity index (χ4v) is 2.13. The van der Waals surface area contributed by atoms with Gasteiger partial charge in [-0.05, 0) is 18.4 Å². The van der Waals surface area contributed by atoms with Gasteiger partial charge in [0, 0.05) is 26.2 Å². The average Bonchev–Trinajstić information content (AvgIpc) is 2.40. The van der Waals surface area contributed by atoms with E-state index in [2.05, 4.69) is 17.0 Å². The van der Waals surface area contributed by atoms with Crippen LogP contribution < -0.4 is 5.73 Å². The van der Waals surface area contributed by atoms with Gasteiger partial charge in [0.05, 0.1) is 5.60 Å². The van der Waals surface area contributed by atoms with Crippen molar-refractivity contribution in [3.63, 3.8) is 0 Å². The van der Waals surface area contributed by atoms with Gasteiger partial charge < -0.3 is 10.8 Å². The van der Waals surface area contributed by atoms with E-state index in [0.717, 1.165) is 25.9 Å². The van der Waals surface area contributed by atoms with Crippen molar-refractivity contribution in [3.05, 3.63) is 35.9 Å². The molecule has 1 rings (SSSR count). The molecule has 18 heavy (non-hydrogen) atoms. The van der Waals surface area contributed by atoms with E-state index in [1.165, 1.54) is 5.56 Å². The zero-order valence-corrected chi connectivity index (χ0v) is 11.6. The predicted octanol–water partition coefficient (Wildman–Crippen LogP) is 2.00. The summed E-state index contributed by atoms with van der Waals surface area (Å²) >= 11 is 0. The summed E-state index contributed by atoms with van der Waals surface area (Å²) in [4.78, 5) is 2.24. The largest absolute Gasteiger partial charge is 0.389 e. The second-order valence-electron chi connectivity index (χ2n) is 4.92. The molecule has 0 spiro atoms. The number of hydrogen-bond acceptors (Lipinski definition) is 3. The molecule has 0 aliphatic rings. The maximum absolute atomic E-state index is 10.4. The van der Waals surface area contributed by atoms with Gasteiger partial charge in [0.2, 0.25) is 0 Å². The van der Waals surface area contributed by atoms with E-state index in [4.69, 9.17) is 5.73 Å².